The van der Waals surface area contributed by atoms with Crippen LogP contribution in [0.1, 0.15) is 19.5 Å². The van der Waals surface area contributed by atoms with Crippen LogP contribution in [0.5, 0.6) is 0 Å². The second kappa shape index (κ2) is 5.77. The molecule has 2 rings (SSSR count). The highest BCUT2D eigenvalue weighted by Gasteiger charge is 2.13. The molecule has 5 heteroatoms. The van der Waals surface area contributed by atoms with Crippen molar-refractivity contribution in [1.82, 2.24) is 10.3 Å². The number of nitrogens with one attached hydrogen (secondary N) is 2. The van der Waals surface area contributed by atoms with Gasteiger partial charge >= 0.3 is 0 Å². The Hall–Kier alpha value is -2.30. The minimum atomic E-state index is -0.310. The average Bonchev–Trinajstić information content (AvgIpc) is 2.42. The molecule has 0 bridgehead atoms. The molecule has 1 atom stereocenters. The molecule has 106 valence electrons. The lowest BCUT2D eigenvalue weighted by atomic mass is 10.1. The van der Waals surface area contributed by atoms with Gasteiger partial charge in [-0.25, -0.2) is 0 Å². The predicted octanol–water partition coefficient (Wildman–Crippen LogP) is 2.06. The summed E-state index contributed by atoms with van der Waals surface area (Å²) in [7, 11) is 0. The molecule has 1 aromatic carbocycles. The molecule has 0 radical (unpaired) electrons. The van der Waals surface area contributed by atoms with Crippen molar-refractivity contribution in [2.24, 2.45) is 0 Å². The fourth-order valence-corrected chi connectivity index (χ4v) is 2.12. The number of aromatic nitrogens is 1. The van der Waals surface area contributed by atoms with Crippen molar-refractivity contribution in [3.8, 4) is 0 Å². The molecule has 1 unspecified atom stereocenters. The van der Waals surface area contributed by atoms with Crippen LogP contribution < -0.4 is 16.4 Å². The van der Waals surface area contributed by atoms with E-state index < -0.39 is 0 Å². The Morgan fingerprint density at radius 1 is 1.40 bits per heavy atom. The van der Waals surface area contributed by atoms with Crippen LogP contribution in [-0.4, -0.2) is 23.5 Å². The monoisotopic (exact) mass is 272 g/mol. The standard InChI is InChI=1S/C15H20N4O/c1-4-17-15(20)10(3)19-14-6-5-13(16)12-8-18-9(2)7-11(12)14/h5-8,10,19H,4,16H2,1-3H3,(H,17,20). The Morgan fingerprint density at radius 2 is 2.15 bits per heavy atom. The Balaban J connectivity index is 2.37. The predicted molar refractivity (Wildman–Crippen MR) is 82.7 cm³/mol. The van der Waals surface area contributed by atoms with E-state index in [4.69, 9.17) is 5.73 Å². The number of aryl methyl sites for hydroxylation is 1. The van der Waals surface area contributed by atoms with Gasteiger partial charge in [0.25, 0.3) is 0 Å². The zero-order valence-corrected chi connectivity index (χ0v) is 12.0. The van der Waals surface area contributed by atoms with E-state index in [2.05, 4.69) is 15.6 Å². The highest BCUT2D eigenvalue weighted by Crippen LogP contribution is 2.28. The number of nitrogens with two attached hydrogens (primary N) is 1. The van der Waals surface area contributed by atoms with Crippen molar-refractivity contribution < 1.29 is 4.79 Å². The molecule has 0 aliphatic carbocycles. The number of hydrogen-bond donors (Lipinski definition) is 3. The second-order valence-corrected chi connectivity index (χ2v) is 4.83. The number of carbonyl (C=O) groups excluding carboxylic acids is 1. The third kappa shape index (κ3) is 2.82. The summed E-state index contributed by atoms with van der Waals surface area (Å²) >= 11 is 0. The fourth-order valence-electron chi connectivity index (χ4n) is 2.12. The largest absolute Gasteiger partial charge is 0.398 e. The maximum atomic E-state index is 11.8. The molecule has 4 N–H and O–H groups in total. The highest BCUT2D eigenvalue weighted by atomic mass is 16.2. The van der Waals surface area contributed by atoms with Gasteiger partial charge in [0.05, 0.1) is 0 Å². The lowest BCUT2D eigenvalue weighted by Crippen LogP contribution is -2.37. The van der Waals surface area contributed by atoms with Gasteiger partial charge in [-0.3, -0.25) is 9.78 Å². The molecule has 0 spiro atoms. The second-order valence-electron chi connectivity index (χ2n) is 4.83. The van der Waals surface area contributed by atoms with Crippen molar-refractivity contribution >= 4 is 28.1 Å². The zero-order chi connectivity index (χ0) is 14.7. The minimum Gasteiger partial charge on any atom is -0.398 e. The van der Waals surface area contributed by atoms with Gasteiger partial charge < -0.3 is 16.4 Å². The highest BCUT2D eigenvalue weighted by molar-refractivity contribution is 6.01. The number of hydrogen-bond acceptors (Lipinski definition) is 4. The van der Waals surface area contributed by atoms with Crippen molar-refractivity contribution in [2.45, 2.75) is 26.8 Å². The van der Waals surface area contributed by atoms with Crippen LogP contribution in [0, 0.1) is 6.92 Å². The molecule has 0 aliphatic heterocycles. The molecule has 20 heavy (non-hydrogen) atoms. The summed E-state index contributed by atoms with van der Waals surface area (Å²) in [5.74, 6) is -0.0248. The molecule has 1 amide bonds. The van der Waals surface area contributed by atoms with E-state index in [0.29, 0.717) is 12.2 Å². The number of pyridine rings is 1. The Labute approximate surface area is 118 Å². The van der Waals surface area contributed by atoms with Crippen LogP contribution in [0.2, 0.25) is 0 Å². The smallest absolute Gasteiger partial charge is 0.242 e. The van der Waals surface area contributed by atoms with Gasteiger partial charge in [-0.2, -0.15) is 0 Å². The van der Waals surface area contributed by atoms with E-state index in [0.717, 1.165) is 22.2 Å². The molecule has 0 saturated heterocycles. The Bertz CT molecular complexity index is 639. The number of nitrogen functional groups attached to an aromatic ring is 1. The van der Waals surface area contributed by atoms with Gasteiger partial charge in [0, 0.05) is 40.6 Å². The number of nitrogens with zero attached hydrogens (tertiary/aromatic N) is 1. The number of fused-ring (bicyclic) bond motifs is 1. The van der Waals surface area contributed by atoms with E-state index in [1.165, 1.54) is 0 Å². The molecule has 1 aromatic heterocycles. The summed E-state index contributed by atoms with van der Waals surface area (Å²) in [5, 5.41) is 7.90. The van der Waals surface area contributed by atoms with Crippen LogP contribution in [-0.2, 0) is 4.79 Å². The fraction of sp³-hybridized carbons (Fsp3) is 0.333. The first-order valence-corrected chi connectivity index (χ1v) is 6.72. The van der Waals surface area contributed by atoms with Crippen LogP contribution in [0.3, 0.4) is 0 Å². The van der Waals surface area contributed by atoms with Gasteiger partial charge in [0.2, 0.25) is 5.91 Å². The molecule has 0 saturated carbocycles. The number of anilines is 2. The number of carbonyl (C=O) groups is 1. The van der Waals surface area contributed by atoms with E-state index in [1.54, 1.807) is 6.20 Å². The summed E-state index contributed by atoms with van der Waals surface area (Å²) in [6, 6.07) is 5.38. The molecule has 0 fully saturated rings. The topological polar surface area (TPSA) is 80.0 Å². The molecule has 5 nitrogen and oxygen atoms in total. The summed E-state index contributed by atoms with van der Waals surface area (Å²) in [6.45, 7) is 6.29. The van der Waals surface area contributed by atoms with E-state index in [9.17, 15) is 4.79 Å². The maximum Gasteiger partial charge on any atom is 0.242 e. The van der Waals surface area contributed by atoms with Crippen molar-refractivity contribution in [2.75, 3.05) is 17.6 Å². The first kappa shape index (κ1) is 14.1. The van der Waals surface area contributed by atoms with Crippen molar-refractivity contribution in [3.63, 3.8) is 0 Å². The third-order valence-corrected chi connectivity index (χ3v) is 3.19. The Kier molecular flexibility index (Phi) is 4.08. The zero-order valence-electron chi connectivity index (χ0n) is 12.0. The number of benzene rings is 1. The van der Waals surface area contributed by atoms with Gasteiger partial charge in [-0.1, -0.05) is 0 Å². The maximum absolute atomic E-state index is 11.8. The summed E-state index contributed by atoms with van der Waals surface area (Å²) in [5.41, 5.74) is 8.45. The molecule has 2 aromatic rings. The number of rotatable bonds is 4. The van der Waals surface area contributed by atoms with Gasteiger partial charge in [0.15, 0.2) is 0 Å². The van der Waals surface area contributed by atoms with Crippen molar-refractivity contribution in [3.05, 3.63) is 30.1 Å². The molecule has 0 aliphatic rings. The lowest BCUT2D eigenvalue weighted by molar-refractivity contribution is -0.121. The number of amides is 1. The molecule has 1 heterocycles. The first-order chi connectivity index (χ1) is 9.52. The first-order valence-electron chi connectivity index (χ1n) is 6.72. The van der Waals surface area contributed by atoms with Crippen LogP contribution in [0.4, 0.5) is 11.4 Å². The minimum absolute atomic E-state index is 0.0248. The molecular formula is C15H20N4O. The van der Waals surface area contributed by atoms with Crippen LogP contribution in [0.15, 0.2) is 24.4 Å². The van der Waals surface area contributed by atoms with Gasteiger partial charge in [0.1, 0.15) is 6.04 Å². The molecular weight excluding hydrogens is 252 g/mol. The van der Waals surface area contributed by atoms with E-state index in [-0.39, 0.29) is 11.9 Å². The Morgan fingerprint density at radius 3 is 2.85 bits per heavy atom. The van der Waals surface area contributed by atoms with E-state index in [1.807, 2.05) is 39.0 Å². The quantitative estimate of drug-likeness (QED) is 0.744. The van der Waals surface area contributed by atoms with E-state index >= 15 is 0 Å². The number of likely N-dealkylation sites (N-methyl/N-ethyl adjacent to an activating group) is 1. The van der Waals surface area contributed by atoms with Crippen molar-refractivity contribution in [1.29, 1.82) is 0 Å². The average molecular weight is 272 g/mol. The summed E-state index contributed by atoms with van der Waals surface area (Å²) in [6.07, 6.45) is 1.77. The lowest BCUT2D eigenvalue weighted by Gasteiger charge is -2.17. The summed E-state index contributed by atoms with van der Waals surface area (Å²) < 4.78 is 0. The van der Waals surface area contributed by atoms with Crippen LogP contribution >= 0.6 is 0 Å². The normalized spacial score (nSPS) is 12.2. The van der Waals surface area contributed by atoms with Crippen LogP contribution in [0.25, 0.3) is 10.8 Å². The third-order valence-electron chi connectivity index (χ3n) is 3.19. The van der Waals surface area contributed by atoms with Gasteiger partial charge in [-0.15, -0.1) is 0 Å². The SMILES string of the molecule is CCNC(=O)C(C)Nc1ccc(N)c2cnc(C)cc12. The van der Waals surface area contributed by atoms with Gasteiger partial charge in [-0.05, 0) is 39.0 Å². The summed E-state index contributed by atoms with van der Waals surface area (Å²) in [4.78, 5) is 16.1.